The lowest BCUT2D eigenvalue weighted by Gasteiger charge is -2.38. The van der Waals surface area contributed by atoms with E-state index in [1.54, 1.807) is 0 Å². The van der Waals surface area contributed by atoms with Crippen LogP contribution >= 0.6 is 0 Å². The van der Waals surface area contributed by atoms with Crippen molar-refractivity contribution >= 4 is 16.5 Å². The van der Waals surface area contributed by atoms with Gasteiger partial charge in [-0.15, -0.1) is 0 Å². The molecule has 29 heavy (non-hydrogen) atoms. The maximum Gasteiger partial charge on any atom is 0.0560 e. The molecular formula is C28H23N. The zero-order valence-corrected chi connectivity index (χ0v) is 16.3. The lowest BCUT2D eigenvalue weighted by molar-refractivity contribution is 0.427. The van der Waals surface area contributed by atoms with Crippen LogP contribution in [0.15, 0.2) is 103 Å². The van der Waals surface area contributed by atoms with Crippen molar-refractivity contribution in [3.63, 3.8) is 0 Å². The SMILES string of the molecule is C1=C[C@@H]2c3cc(-c4ccccc4)ccc3N[C@@H](c3cccc4ccccc34)[C@@H]2C1. The number of rotatable bonds is 2. The van der Waals surface area contributed by atoms with Gasteiger partial charge < -0.3 is 5.32 Å². The normalized spacial score (nSPS) is 22.1. The molecule has 6 rings (SSSR count). The van der Waals surface area contributed by atoms with Crippen molar-refractivity contribution in [1.82, 2.24) is 0 Å². The molecule has 0 saturated carbocycles. The van der Waals surface area contributed by atoms with Crippen LogP contribution in [0, 0.1) is 5.92 Å². The molecule has 0 unspecified atom stereocenters. The minimum Gasteiger partial charge on any atom is -0.378 e. The Balaban J connectivity index is 1.46. The van der Waals surface area contributed by atoms with E-state index in [4.69, 9.17) is 0 Å². The molecule has 0 aromatic heterocycles. The fourth-order valence-corrected chi connectivity index (χ4v) is 5.23. The zero-order chi connectivity index (χ0) is 19.2. The van der Waals surface area contributed by atoms with Crippen molar-refractivity contribution in [2.45, 2.75) is 18.4 Å². The second kappa shape index (κ2) is 6.63. The molecule has 2 aliphatic rings. The minimum atomic E-state index is 0.330. The van der Waals surface area contributed by atoms with Crippen LogP contribution in [-0.4, -0.2) is 0 Å². The Morgan fingerprint density at radius 3 is 2.45 bits per heavy atom. The first kappa shape index (κ1) is 16.6. The largest absolute Gasteiger partial charge is 0.378 e. The summed E-state index contributed by atoms with van der Waals surface area (Å²) in [5.74, 6) is 1.03. The zero-order valence-electron chi connectivity index (χ0n) is 16.3. The molecule has 1 heteroatoms. The highest BCUT2D eigenvalue weighted by Crippen LogP contribution is 2.51. The summed E-state index contributed by atoms with van der Waals surface area (Å²) in [6, 6.07) is 33.4. The van der Waals surface area contributed by atoms with Gasteiger partial charge >= 0.3 is 0 Å². The van der Waals surface area contributed by atoms with E-state index in [-0.39, 0.29) is 0 Å². The highest BCUT2D eigenvalue weighted by molar-refractivity contribution is 5.87. The topological polar surface area (TPSA) is 12.0 Å². The summed E-state index contributed by atoms with van der Waals surface area (Å²) < 4.78 is 0. The maximum absolute atomic E-state index is 3.92. The number of fused-ring (bicyclic) bond motifs is 4. The molecule has 4 aromatic rings. The number of allylic oxidation sites excluding steroid dienone is 2. The van der Waals surface area contributed by atoms with Gasteiger partial charge in [0.05, 0.1) is 6.04 Å². The van der Waals surface area contributed by atoms with Gasteiger partial charge in [-0.05, 0) is 57.5 Å². The molecule has 0 bridgehead atoms. The van der Waals surface area contributed by atoms with Crippen molar-refractivity contribution in [2.75, 3.05) is 5.32 Å². The van der Waals surface area contributed by atoms with Gasteiger partial charge in [0, 0.05) is 11.6 Å². The number of hydrogen-bond acceptors (Lipinski definition) is 1. The maximum atomic E-state index is 3.92. The average Bonchev–Trinajstić information content (AvgIpc) is 3.29. The van der Waals surface area contributed by atoms with Gasteiger partial charge in [0.1, 0.15) is 0 Å². The number of benzene rings is 4. The first-order chi connectivity index (χ1) is 14.4. The van der Waals surface area contributed by atoms with Crippen molar-refractivity contribution in [2.24, 2.45) is 5.92 Å². The number of hydrogen-bond donors (Lipinski definition) is 1. The Kier molecular flexibility index (Phi) is 3.80. The predicted molar refractivity (Wildman–Crippen MR) is 122 cm³/mol. The summed E-state index contributed by atoms with van der Waals surface area (Å²) in [6.07, 6.45) is 5.93. The van der Waals surface area contributed by atoms with Crippen LogP contribution in [0.5, 0.6) is 0 Å². The molecule has 0 fully saturated rings. The minimum absolute atomic E-state index is 0.330. The summed E-state index contributed by atoms with van der Waals surface area (Å²) in [7, 11) is 0. The first-order valence-corrected chi connectivity index (χ1v) is 10.5. The van der Waals surface area contributed by atoms with E-state index in [9.17, 15) is 0 Å². The average molecular weight is 373 g/mol. The fourth-order valence-electron chi connectivity index (χ4n) is 5.23. The highest BCUT2D eigenvalue weighted by Gasteiger charge is 2.38. The van der Waals surface area contributed by atoms with E-state index >= 15 is 0 Å². The van der Waals surface area contributed by atoms with Gasteiger partial charge in [0.25, 0.3) is 0 Å². The number of anilines is 1. The van der Waals surface area contributed by atoms with Gasteiger partial charge in [0.15, 0.2) is 0 Å². The molecule has 0 amide bonds. The third kappa shape index (κ3) is 2.69. The Hall–Kier alpha value is -3.32. The van der Waals surface area contributed by atoms with E-state index in [0.29, 0.717) is 17.9 Å². The van der Waals surface area contributed by atoms with Crippen molar-refractivity contribution < 1.29 is 0 Å². The van der Waals surface area contributed by atoms with Crippen LogP contribution in [0.4, 0.5) is 5.69 Å². The third-order valence-corrected chi connectivity index (χ3v) is 6.63. The predicted octanol–water partition coefficient (Wildman–Crippen LogP) is 7.33. The van der Waals surface area contributed by atoms with Gasteiger partial charge in [-0.25, -0.2) is 0 Å². The van der Waals surface area contributed by atoms with Crippen LogP contribution in [0.2, 0.25) is 0 Å². The Morgan fingerprint density at radius 2 is 1.52 bits per heavy atom. The monoisotopic (exact) mass is 373 g/mol. The van der Waals surface area contributed by atoms with Crippen molar-refractivity contribution in [3.8, 4) is 11.1 Å². The number of nitrogens with one attached hydrogen (secondary N) is 1. The smallest absolute Gasteiger partial charge is 0.0560 e. The molecule has 140 valence electrons. The molecule has 1 nitrogen and oxygen atoms in total. The van der Waals surface area contributed by atoms with Gasteiger partial charge in [0.2, 0.25) is 0 Å². The van der Waals surface area contributed by atoms with Crippen LogP contribution in [0.25, 0.3) is 21.9 Å². The summed E-state index contributed by atoms with van der Waals surface area (Å²) in [6.45, 7) is 0. The Bertz CT molecular complexity index is 1220. The molecule has 0 spiro atoms. The third-order valence-electron chi connectivity index (χ3n) is 6.63. The standard InChI is InChI=1S/C28H23N/c1-2-8-19(9-3-1)21-16-17-27-26(18-21)23-13-7-15-25(23)28(29-27)24-14-6-11-20-10-4-5-12-22(20)24/h1-14,16-18,23,25,28-29H,15H2/t23-,25+,28-/m0/s1. The molecule has 1 aliphatic heterocycles. The second-order valence-electron chi connectivity index (χ2n) is 8.21. The molecule has 1 heterocycles. The summed E-state index contributed by atoms with van der Waals surface area (Å²) in [5, 5.41) is 6.60. The van der Waals surface area contributed by atoms with Gasteiger partial charge in [-0.3, -0.25) is 0 Å². The molecule has 0 radical (unpaired) electrons. The Labute approximate surface area is 171 Å². The van der Waals surface area contributed by atoms with Crippen molar-refractivity contribution in [1.29, 1.82) is 0 Å². The van der Waals surface area contributed by atoms with E-state index in [1.165, 1.54) is 38.7 Å². The van der Waals surface area contributed by atoms with E-state index in [1.807, 2.05) is 0 Å². The second-order valence-corrected chi connectivity index (χ2v) is 8.21. The van der Waals surface area contributed by atoms with Crippen LogP contribution < -0.4 is 5.32 Å². The van der Waals surface area contributed by atoms with E-state index in [2.05, 4.69) is 108 Å². The fraction of sp³-hybridized carbons (Fsp3) is 0.143. The molecular weight excluding hydrogens is 350 g/mol. The van der Waals surface area contributed by atoms with Crippen LogP contribution in [-0.2, 0) is 0 Å². The van der Waals surface area contributed by atoms with E-state index < -0.39 is 0 Å². The first-order valence-electron chi connectivity index (χ1n) is 10.5. The van der Waals surface area contributed by atoms with Gasteiger partial charge in [-0.2, -0.15) is 0 Å². The molecule has 3 atom stereocenters. The summed E-state index contributed by atoms with van der Waals surface area (Å²) in [4.78, 5) is 0. The van der Waals surface area contributed by atoms with E-state index in [0.717, 1.165) is 6.42 Å². The Morgan fingerprint density at radius 1 is 0.690 bits per heavy atom. The van der Waals surface area contributed by atoms with Crippen molar-refractivity contribution in [3.05, 3.63) is 114 Å². The van der Waals surface area contributed by atoms with Crippen LogP contribution in [0.3, 0.4) is 0 Å². The van der Waals surface area contributed by atoms with Gasteiger partial charge in [-0.1, -0.05) is 91.0 Å². The summed E-state index contributed by atoms with van der Waals surface area (Å²) >= 11 is 0. The molecule has 1 aliphatic carbocycles. The molecule has 4 aromatic carbocycles. The summed E-state index contributed by atoms with van der Waals surface area (Å²) in [5.41, 5.74) is 6.70. The van der Waals surface area contributed by atoms with Crippen LogP contribution in [0.1, 0.15) is 29.5 Å². The molecule has 1 N–H and O–H groups in total. The lowest BCUT2D eigenvalue weighted by atomic mass is 9.75. The highest BCUT2D eigenvalue weighted by atomic mass is 15.0. The quantitative estimate of drug-likeness (QED) is 0.363. The lowest BCUT2D eigenvalue weighted by Crippen LogP contribution is -2.29. The molecule has 0 saturated heterocycles.